The van der Waals surface area contributed by atoms with Crippen LogP contribution in [0, 0.1) is 11.2 Å². The van der Waals surface area contributed by atoms with Gasteiger partial charge in [-0.25, -0.2) is 8.78 Å². The molecule has 0 unspecified atom stereocenters. The average molecular weight is 502 g/mol. The van der Waals surface area contributed by atoms with Gasteiger partial charge in [0, 0.05) is 16.8 Å². The first-order valence-electron chi connectivity index (χ1n) is 12.3. The van der Waals surface area contributed by atoms with Crippen molar-refractivity contribution in [3.8, 4) is 11.1 Å². The van der Waals surface area contributed by atoms with Crippen molar-refractivity contribution in [3.63, 3.8) is 0 Å². The standard InChI is InChI=1S/C29H28F5NO/c1-16(2)27-25(26(31)18-4-8-19(9-5-18)29(32,33)34)23(17-6-10-20(30)11-7-17)24-21(35-27)14-28(12-3-13-28)15-22(24)36/h4-11,16,22,26,36H,3,12-15H2,1-2H3/t22-,26+/m0/s1. The predicted molar refractivity (Wildman–Crippen MR) is 128 cm³/mol. The molecule has 1 fully saturated rings. The summed E-state index contributed by atoms with van der Waals surface area (Å²) in [7, 11) is 0. The van der Waals surface area contributed by atoms with Gasteiger partial charge in [-0.15, -0.1) is 0 Å². The number of fused-ring (bicyclic) bond motifs is 1. The molecule has 0 radical (unpaired) electrons. The van der Waals surface area contributed by atoms with Crippen LogP contribution in [0.1, 0.15) is 91.4 Å². The second-order valence-electron chi connectivity index (χ2n) is 10.5. The SMILES string of the molecule is CC(C)c1nc2c(c(-c3ccc(F)cc3)c1[C@H](F)c1ccc(C(F)(F)F)cc1)[C@@H](O)CC1(CCC1)C2. The summed E-state index contributed by atoms with van der Waals surface area (Å²) in [5.41, 5.74) is 2.23. The summed E-state index contributed by atoms with van der Waals surface area (Å²) in [6.07, 6.45) is -2.82. The fourth-order valence-corrected chi connectivity index (χ4v) is 5.81. The summed E-state index contributed by atoms with van der Waals surface area (Å²) in [4.78, 5) is 4.89. The number of aliphatic hydroxyl groups excluding tert-OH is 1. The molecule has 2 nitrogen and oxygen atoms in total. The van der Waals surface area contributed by atoms with Crippen LogP contribution in [0.25, 0.3) is 11.1 Å². The molecule has 1 N–H and O–H groups in total. The molecule has 5 rings (SSSR count). The maximum atomic E-state index is 16.4. The Balaban J connectivity index is 1.74. The van der Waals surface area contributed by atoms with Crippen LogP contribution >= 0.6 is 0 Å². The van der Waals surface area contributed by atoms with E-state index in [1.54, 1.807) is 12.1 Å². The first kappa shape index (κ1) is 24.9. The Labute approximate surface area is 207 Å². The van der Waals surface area contributed by atoms with Crippen LogP contribution < -0.4 is 0 Å². The number of aromatic nitrogens is 1. The molecule has 2 aliphatic carbocycles. The summed E-state index contributed by atoms with van der Waals surface area (Å²) in [6.45, 7) is 3.79. The highest BCUT2D eigenvalue weighted by Crippen LogP contribution is 2.56. The van der Waals surface area contributed by atoms with Crippen molar-refractivity contribution in [3.05, 3.63) is 88.0 Å². The minimum absolute atomic E-state index is 0.00219. The van der Waals surface area contributed by atoms with Gasteiger partial charge >= 0.3 is 6.18 Å². The zero-order chi connectivity index (χ0) is 25.8. The average Bonchev–Trinajstić information content (AvgIpc) is 2.81. The van der Waals surface area contributed by atoms with Crippen LogP contribution in [0.5, 0.6) is 0 Å². The van der Waals surface area contributed by atoms with E-state index in [2.05, 4.69) is 0 Å². The molecular weight excluding hydrogens is 473 g/mol. The fraction of sp³-hybridized carbons (Fsp3) is 0.414. The summed E-state index contributed by atoms with van der Waals surface area (Å²) < 4.78 is 69.5. The zero-order valence-electron chi connectivity index (χ0n) is 20.2. The van der Waals surface area contributed by atoms with Crippen molar-refractivity contribution in [1.29, 1.82) is 0 Å². The van der Waals surface area contributed by atoms with Gasteiger partial charge in [-0.3, -0.25) is 4.98 Å². The molecule has 1 heterocycles. The van der Waals surface area contributed by atoms with Crippen molar-refractivity contribution in [2.45, 2.75) is 70.3 Å². The first-order chi connectivity index (χ1) is 17.0. The minimum atomic E-state index is -4.53. The Hall–Kier alpha value is -2.80. The molecule has 0 amide bonds. The van der Waals surface area contributed by atoms with E-state index in [1.165, 1.54) is 12.1 Å². The molecule has 2 aromatic carbocycles. The van der Waals surface area contributed by atoms with Gasteiger partial charge in [0.1, 0.15) is 5.82 Å². The number of benzene rings is 2. The Bertz CT molecular complexity index is 1260. The third-order valence-electron chi connectivity index (χ3n) is 7.76. The van der Waals surface area contributed by atoms with Gasteiger partial charge in [-0.2, -0.15) is 13.2 Å². The van der Waals surface area contributed by atoms with E-state index in [4.69, 9.17) is 4.98 Å². The van der Waals surface area contributed by atoms with E-state index < -0.39 is 29.8 Å². The molecule has 0 saturated heterocycles. The third-order valence-corrected chi connectivity index (χ3v) is 7.76. The van der Waals surface area contributed by atoms with E-state index in [0.717, 1.165) is 49.2 Å². The summed E-state index contributed by atoms with van der Waals surface area (Å²) >= 11 is 0. The quantitative estimate of drug-likeness (QED) is 0.365. The smallest absolute Gasteiger partial charge is 0.388 e. The second kappa shape index (κ2) is 8.94. The number of alkyl halides is 4. The van der Waals surface area contributed by atoms with Gasteiger partial charge in [-0.05, 0) is 78.0 Å². The second-order valence-corrected chi connectivity index (χ2v) is 10.5. The monoisotopic (exact) mass is 501 g/mol. The van der Waals surface area contributed by atoms with E-state index in [9.17, 15) is 22.7 Å². The van der Waals surface area contributed by atoms with Crippen LogP contribution in [0.15, 0.2) is 48.5 Å². The zero-order valence-corrected chi connectivity index (χ0v) is 20.2. The van der Waals surface area contributed by atoms with Gasteiger partial charge in [0.05, 0.1) is 17.4 Å². The van der Waals surface area contributed by atoms with Gasteiger partial charge < -0.3 is 5.11 Å². The van der Waals surface area contributed by atoms with Gasteiger partial charge in [0.25, 0.3) is 0 Å². The molecule has 190 valence electrons. The Morgan fingerprint density at radius 2 is 1.64 bits per heavy atom. The highest BCUT2D eigenvalue weighted by Gasteiger charge is 2.45. The van der Waals surface area contributed by atoms with Gasteiger partial charge in [-0.1, -0.05) is 44.5 Å². The number of rotatable bonds is 4. The van der Waals surface area contributed by atoms with E-state index in [0.29, 0.717) is 35.2 Å². The van der Waals surface area contributed by atoms with Crippen molar-refractivity contribution in [1.82, 2.24) is 4.98 Å². The summed E-state index contributed by atoms with van der Waals surface area (Å²) in [5.74, 6) is -0.630. The van der Waals surface area contributed by atoms with Crippen LogP contribution in [0.4, 0.5) is 22.0 Å². The van der Waals surface area contributed by atoms with Crippen molar-refractivity contribution < 1.29 is 27.1 Å². The van der Waals surface area contributed by atoms with Crippen LogP contribution in [0.3, 0.4) is 0 Å². The van der Waals surface area contributed by atoms with Crippen LogP contribution in [-0.2, 0) is 12.6 Å². The van der Waals surface area contributed by atoms with E-state index in [1.807, 2.05) is 13.8 Å². The van der Waals surface area contributed by atoms with Crippen LogP contribution in [0.2, 0.25) is 0 Å². The molecule has 36 heavy (non-hydrogen) atoms. The topological polar surface area (TPSA) is 33.1 Å². The highest BCUT2D eigenvalue weighted by molar-refractivity contribution is 5.75. The number of aliphatic hydroxyl groups is 1. The van der Waals surface area contributed by atoms with E-state index >= 15 is 4.39 Å². The molecule has 3 aromatic rings. The fourth-order valence-electron chi connectivity index (χ4n) is 5.81. The summed E-state index contributed by atoms with van der Waals surface area (Å²) in [5, 5.41) is 11.3. The third kappa shape index (κ3) is 4.32. The number of nitrogens with zero attached hydrogens (tertiary/aromatic N) is 1. The Morgan fingerprint density at radius 1 is 1.00 bits per heavy atom. The molecule has 1 saturated carbocycles. The normalized spacial score (nSPS) is 19.8. The van der Waals surface area contributed by atoms with Gasteiger partial charge in [0.15, 0.2) is 6.17 Å². The van der Waals surface area contributed by atoms with Gasteiger partial charge in [0.2, 0.25) is 0 Å². The Kier molecular flexibility index (Phi) is 6.18. The molecule has 0 bridgehead atoms. The lowest BCUT2D eigenvalue weighted by molar-refractivity contribution is -0.137. The molecule has 2 aliphatic rings. The maximum Gasteiger partial charge on any atom is 0.416 e. The minimum Gasteiger partial charge on any atom is -0.388 e. The van der Waals surface area contributed by atoms with Crippen molar-refractivity contribution >= 4 is 0 Å². The molecule has 0 aliphatic heterocycles. The van der Waals surface area contributed by atoms with Crippen molar-refractivity contribution in [2.75, 3.05) is 0 Å². The Morgan fingerprint density at radius 3 is 2.17 bits per heavy atom. The van der Waals surface area contributed by atoms with E-state index in [-0.39, 0.29) is 22.5 Å². The largest absolute Gasteiger partial charge is 0.416 e. The lowest BCUT2D eigenvalue weighted by Gasteiger charge is -2.47. The molecule has 7 heteroatoms. The predicted octanol–water partition coefficient (Wildman–Crippen LogP) is 8.24. The maximum absolute atomic E-state index is 16.4. The molecular formula is C29H28F5NO. The summed E-state index contributed by atoms with van der Waals surface area (Å²) in [6, 6.07) is 9.71. The number of hydrogen-bond acceptors (Lipinski definition) is 2. The highest BCUT2D eigenvalue weighted by atomic mass is 19.4. The number of pyridine rings is 1. The van der Waals surface area contributed by atoms with Crippen LogP contribution in [-0.4, -0.2) is 10.1 Å². The van der Waals surface area contributed by atoms with Crippen molar-refractivity contribution in [2.24, 2.45) is 5.41 Å². The molecule has 2 atom stereocenters. The molecule has 1 aromatic heterocycles. The number of halogens is 5. The number of hydrogen-bond donors (Lipinski definition) is 1. The lowest BCUT2D eigenvalue weighted by Crippen LogP contribution is -2.38. The lowest BCUT2D eigenvalue weighted by atomic mass is 9.59. The first-order valence-corrected chi connectivity index (χ1v) is 12.3. The molecule has 1 spiro atoms.